The molecule has 0 bridgehead atoms. The number of hydrogen-bond donors (Lipinski definition) is 1. The topological polar surface area (TPSA) is 42.0 Å². The molecule has 0 saturated carbocycles. The summed E-state index contributed by atoms with van der Waals surface area (Å²) in [5.41, 5.74) is 0.692. The predicted octanol–water partition coefficient (Wildman–Crippen LogP) is 3.13. The Morgan fingerprint density at radius 3 is 2.69 bits per heavy atom. The number of Topliss-reactive ketones (excluding diaryl/α,β-unsaturated/α-hetero) is 1. The van der Waals surface area contributed by atoms with Gasteiger partial charge in [-0.1, -0.05) is 20.8 Å². The summed E-state index contributed by atoms with van der Waals surface area (Å²) in [5, 5.41) is 3.26. The summed E-state index contributed by atoms with van der Waals surface area (Å²) in [7, 11) is 0. The molecule has 16 heavy (non-hydrogen) atoms. The molecule has 0 saturated heterocycles. The fourth-order valence-corrected chi connectivity index (χ4v) is 1.37. The third-order valence-electron chi connectivity index (χ3n) is 2.59. The van der Waals surface area contributed by atoms with E-state index in [1.165, 1.54) is 0 Å². The van der Waals surface area contributed by atoms with Crippen LogP contribution in [0.1, 0.15) is 44.5 Å². The van der Waals surface area contributed by atoms with E-state index in [-0.39, 0.29) is 11.7 Å². The molecule has 1 aromatic rings. The van der Waals surface area contributed by atoms with Crippen LogP contribution in [0.15, 0.2) is 18.3 Å². The average molecular weight is 220 g/mol. The lowest BCUT2D eigenvalue weighted by atomic mass is 10.0. The average Bonchev–Trinajstić information content (AvgIpc) is 2.28. The van der Waals surface area contributed by atoms with E-state index in [2.05, 4.69) is 24.1 Å². The highest BCUT2D eigenvalue weighted by Crippen LogP contribution is 2.17. The molecular weight excluding hydrogens is 200 g/mol. The molecule has 0 amide bonds. The van der Waals surface area contributed by atoms with Gasteiger partial charge in [0.2, 0.25) is 0 Å². The van der Waals surface area contributed by atoms with E-state index in [4.69, 9.17) is 0 Å². The second kappa shape index (κ2) is 5.64. The van der Waals surface area contributed by atoms with Crippen molar-refractivity contribution in [2.45, 2.75) is 40.2 Å². The quantitative estimate of drug-likeness (QED) is 0.775. The monoisotopic (exact) mass is 220 g/mol. The predicted molar refractivity (Wildman–Crippen MR) is 66.8 cm³/mol. The third-order valence-corrected chi connectivity index (χ3v) is 2.59. The normalized spacial score (nSPS) is 12.6. The van der Waals surface area contributed by atoms with Gasteiger partial charge in [0.05, 0.1) is 5.56 Å². The number of aromatic nitrogens is 1. The molecule has 1 rings (SSSR count). The molecule has 0 aromatic carbocycles. The largest absolute Gasteiger partial charge is 0.367 e. The van der Waals surface area contributed by atoms with Crippen LogP contribution in [0.2, 0.25) is 0 Å². The number of pyridine rings is 1. The Balaban J connectivity index is 2.96. The summed E-state index contributed by atoms with van der Waals surface area (Å²) < 4.78 is 0. The van der Waals surface area contributed by atoms with Crippen molar-refractivity contribution in [2.24, 2.45) is 5.92 Å². The summed E-state index contributed by atoms with van der Waals surface area (Å²) in [6, 6.07) is 3.96. The van der Waals surface area contributed by atoms with Gasteiger partial charge in [0, 0.05) is 18.2 Å². The Morgan fingerprint density at radius 1 is 1.44 bits per heavy atom. The number of carbonyl (C=O) groups is 1. The second-order valence-corrected chi connectivity index (χ2v) is 4.37. The molecule has 88 valence electrons. The molecule has 0 spiro atoms. The van der Waals surface area contributed by atoms with Crippen LogP contribution in [0.3, 0.4) is 0 Å². The van der Waals surface area contributed by atoms with Crippen molar-refractivity contribution in [3.8, 4) is 0 Å². The highest BCUT2D eigenvalue weighted by Gasteiger charge is 2.16. The van der Waals surface area contributed by atoms with Gasteiger partial charge < -0.3 is 5.32 Å². The summed E-state index contributed by atoms with van der Waals surface area (Å²) in [6.45, 7) is 7.99. The lowest BCUT2D eigenvalue weighted by molar-refractivity contribution is 0.0940. The van der Waals surface area contributed by atoms with Crippen molar-refractivity contribution in [2.75, 3.05) is 5.32 Å². The van der Waals surface area contributed by atoms with E-state index in [9.17, 15) is 4.79 Å². The zero-order valence-electron chi connectivity index (χ0n) is 10.4. The Morgan fingerprint density at radius 2 is 2.12 bits per heavy atom. The van der Waals surface area contributed by atoms with E-state index in [1.807, 2.05) is 19.9 Å². The molecule has 3 heteroatoms. The molecule has 1 aromatic heterocycles. The molecular formula is C13H20N2O. The number of nitrogens with one attached hydrogen (secondary N) is 1. The molecule has 0 radical (unpaired) electrons. The standard InChI is InChI=1S/C13H20N2O/c1-5-10(4)15-13-11(7-6-8-14-13)12(16)9(2)3/h6-10H,5H2,1-4H3,(H,14,15). The first-order valence-corrected chi connectivity index (χ1v) is 5.82. The summed E-state index contributed by atoms with van der Waals surface area (Å²) >= 11 is 0. The van der Waals surface area contributed by atoms with Crippen molar-refractivity contribution >= 4 is 11.6 Å². The first-order chi connectivity index (χ1) is 7.56. The van der Waals surface area contributed by atoms with E-state index in [0.29, 0.717) is 17.4 Å². The fraction of sp³-hybridized carbons (Fsp3) is 0.538. The van der Waals surface area contributed by atoms with Gasteiger partial charge in [-0.15, -0.1) is 0 Å². The van der Waals surface area contributed by atoms with Crippen LogP contribution in [-0.4, -0.2) is 16.8 Å². The summed E-state index contributed by atoms with van der Waals surface area (Å²) in [6.07, 6.45) is 2.72. The van der Waals surface area contributed by atoms with Gasteiger partial charge >= 0.3 is 0 Å². The van der Waals surface area contributed by atoms with Gasteiger partial charge in [0.1, 0.15) is 5.82 Å². The molecule has 1 N–H and O–H groups in total. The molecule has 0 aliphatic carbocycles. The number of ketones is 1. The minimum Gasteiger partial charge on any atom is -0.367 e. The van der Waals surface area contributed by atoms with Gasteiger partial charge in [-0.05, 0) is 25.5 Å². The molecule has 1 heterocycles. The van der Waals surface area contributed by atoms with Crippen molar-refractivity contribution < 1.29 is 4.79 Å². The van der Waals surface area contributed by atoms with Gasteiger partial charge in [-0.3, -0.25) is 4.79 Å². The van der Waals surface area contributed by atoms with Crippen molar-refractivity contribution in [3.63, 3.8) is 0 Å². The number of carbonyl (C=O) groups excluding carboxylic acids is 1. The van der Waals surface area contributed by atoms with Crippen LogP contribution in [0.4, 0.5) is 5.82 Å². The van der Waals surface area contributed by atoms with E-state index < -0.39 is 0 Å². The maximum Gasteiger partial charge on any atom is 0.169 e. The summed E-state index contributed by atoms with van der Waals surface area (Å²) in [4.78, 5) is 16.2. The second-order valence-electron chi connectivity index (χ2n) is 4.37. The van der Waals surface area contributed by atoms with Crippen LogP contribution in [0, 0.1) is 5.92 Å². The SMILES string of the molecule is CCC(C)Nc1ncccc1C(=O)C(C)C. The molecule has 1 unspecified atom stereocenters. The number of hydrogen-bond acceptors (Lipinski definition) is 3. The molecule has 0 aliphatic heterocycles. The highest BCUT2D eigenvalue weighted by atomic mass is 16.1. The first-order valence-electron chi connectivity index (χ1n) is 5.82. The van der Waals surface area contributed by atoms with Crippen LogP contribution >= 0.6 is 0 Å². The summed E-state index contributed by atoms with van der Waals surface area (Å²) in [5.74, 6) is 0.844. The van der Waals surface area contributed by atoms with Crippen molar-refractivity contribution in [1.29, 1.82) is 0 Å². The van der Waals surface area contributed by atoms with Gasteiger partial charge in [-0.2, -0.15) is 0 Å². The Hall–Kier alpha value is -1.38. The minimum atomic E-state index is 0.00156. The maximum atomic E-state index is 12.0. The lowest BCUT2D eigenvalue weighted by Crippen LogP contribution is -2.18. The molecule has 1 atom stereocenters. The van der Waals surface area contributed by atoms with Gasteiger partial charge in [0.25, 0.3) is 0 Å². The highest BCUT2D eigenvalue weighted by molar-refractivity contribution is 6.01. The number of rotatable bonds is 5. The van der Waals surface area contributed by atoms with Crippen LogP contribution in [0.5, 0.6) is 0 Å². The van der Waals surface area contributed by atoms with Gasteiger partial charge in [-0.25, -0.2) is 4.98 Å². The van der Waals surface area contributed by atoms with E-state index in [0.717, 1.165) is 6.42 Å². The zero-order chi connectivity index (χ0) is 12.1. The van der Waals surface area contributed by atoms with Crippen molar-refractivity contribution in [3.05, 3.63) is 23.9 Å². The molecule has 0 aliphatic rings. The molecule has 0 fully saturated rings. The number of nitrogens with zero attached hydrogens (tertiary/aromatic N) is 1. The van der Waals surface area contributed by atoms with Crippen LogP contribution in [-0.2, 0) is 0 Å². The Kier molecular flexibility index (Phi) is 4.47. The lowest BCUT2D eigenvalue weighted by Gasteiger charge is -2.15. The van der Waals surface area contributed by atoms with Crippen LogP contribution in [0.25, 0.3) is 0 Å². The smallest absolute Gasteiger partial charge is 0.169 e. The number of anilines is 1. The Bertz CT molecular complexity index is 361. The zero-order valence-corrected chi connectivity index (χ0v) is 10.4. The maximum absolute atomic E-state index is 12.0. The van der Waals surface area contributed by atoms with Crippen molar-refractivity contribution in [1.82, 2.24) is 4.98 Å². The minimum absolute atomic E-state index is 0.00156. The molecule has 3 nitrogen and oxygen atoms in total. The third kappa shape index (κ3) is 3.05. The van der Waals surface area contributed by atoms with Gasteiger partial charge in [0.15, 0.2) is 5.78 Å². The first kappa shape index (κ1) is 12.7. The fourth-order valence-electron chi connectivity index (χ4n) is 1.37. The Labute approximate surface area is 97.3 Å². The van der Waals surface area contributed by atoms with Crippen LogP contribution < -0.4 is 5.32 Å². The van der Waals surface area contributed by atoms with E-state index >= 15 is 0 Å². The van der Waals surface area contributed by atoms with E-state index in [1.54, 1.807) is 12.3 Å².